The Hall–Kier alpha value is -3.83. The summed E-state index contributed by atoms with van der Waals surface area (Å²) in [5.74, 6) is 0.0931. The first kappa shape index (κ1) is 22.9. The fourth-order valence-corrected chi connectivity index (χ4v) is 4.98. The highest BCUT2D eigenvalue weighted by atomic mass is 35.5. The number of aryl methyl sites for hydroxylation is 1. The minimum absolute atomic E-state index is 0.0148. The van der Waals surface area contributed by atoms with Gasteiger partial charge >= 0.3 is 0 Å². The normalized spacial score (nSPS) is 13.3. The Morgan fingerprint density at radius 3 is 2.71 bits per heavy atom. The Morgan fingerprint density at radius 2 is 1.91 bits per heavy atom. The van der Waals surface area contributed by atoms with Gasteiger partial charge in [0.15, 0.2) is 17.3 Å². The van der Waals surface area contributed by atoms with Gasteiger partial charge in [0.1, 0.15) is 5.15 Å². The molecule has 0 aliphatic carbocycles. The number of fused-ring (bicyclic) bond motifs is 1. The van der Waals surface area contributed by atoms with Crippen LogP contribution in [0.1, 0.15) is 28.2 Å². The quantitative estimate of drug-likeness (QED) is 0.393. The summed E-state index contributed by atoms with van der Waals surface area (Å²) in [6.07, 6.45) is 6.07. The number of anilines is 2. The molecule has 1 aliphatic rings. The molecular weight excluding hydrogens is 490 g/mol. The van der Waals surface area contributed by atoms with Gasteiger partial charge in [0.2, 0.25) is 0 Å². The zero-order chi connectivity index (χ0) is 24.4. The number of halogens is 1. The molecule has 0 bridgehead atoms. The van der Waals surface area contributed by atoms with Gasteiger partial charge in [-0.3, -0.25) is 14.5 Å². The van der Waals surface area contributed by atoms with Crippen molar-refractivity contribution in [2.45, 2.75) is 24.3 Å². The van der Waals surface area contributed by atoms with Crippen LogP contribution in [0.5, 0.6) is 0 Å². The lowest BCUT2D eigenvalue weighted by molar-refractivity contribution is 0.0940. The number of carbonyl (C=O) groups is 1. The monoisotopic (exact) mass is 509 g/mol. The maximum absolute atomic E-state index is 13.1. The van der Waals surface area contributed by atoms with E-state index in [1.165, 1.54) is 30.6 Å². The fraction of sp³-hybridized carbons (Fsp3) is 0.174. The van der Waals surface area contributed by atoms with Crippen molar-refractivity contribution in [1.29, 1.82) is 0 Å². The van der Waals surface area contributed by atoms with Crippen molar-refractivity contribution in [2.75, 3.05) is 16.2 Å². The van der Waals surface area contributed by atoms with Crippen LogP contribution in [-0.2, 0) is 23.0 Å². The Labute approximate surface area is 206 Å². The Kier molecular flexibility index (Phi) is 6.18. The Bertz CT molecular complexity index is 1490. The smallest absolute Gasteiger partial charge is 0.298 e. The minimum Gasteiger partial charge on any atom is -0.351 e. The van der Waals surface area contributed by atoms with Gasteiger partial charge in [0.25, 0.3) is 15.9 Å². The van der Waals surface area contributed by atoms with Crippen LogP contribution in [0, 0.1) is 0 Å². The molecule has 1 aromatic carbocycles. The highest BCUT2D eigenvalue weighted by molar-refractivity contribution is 7.92. The van der Waals surface area contributed by atoms with Crippen molar-refractivity contribution in [1.82, 2.24) is 24.7 Å². The van der Waals surface area contributed by atoms with Gasteiger partial charge in [0, 0.05) is 37.1 Å². The van der Waals surface area contributed by atoms with Gasteiger partial charge in [-0.05, 0) is 31.0 Å². The van der Waals surface area contributed by atoms with Gasteiger partial charge < -0.3 is 4.90 Å². The molecule has 0 saturated carbocycles. The average molecular weight is 510 g/mol. The first-order valence-corrected chi connectivity index (χ1v) is 12.7. The van der Waals surface area contributed by atoms with Crippen molar-refractivity contribution in [3.05, 3.63) is 89.2 Å². The molecule has 10 nitrogen and oxygen atoms in total. The van der Waals surface area contributed by atoms with Crippen molar-refractivity contribution >= 4 is 39.2 Å². The van der Waals surface area contributed by atoms with Crippen molar-refractivity contribution in [3.8, 4) is 0 Å². The molecular formula is C23H20ClN7O3S. The van der Waals surface area contributed by atoms with E-state index in [0.717, 1.165) is 35.3 Å². The summed E-state index contributed by atoms with van der Waals surface area (Å²) in [6, 6.07) is 13.0. The third kappa shape index (κ3) is 4.86. The van der Waals surface area contributed by atoms with Gasteiger partial charge in [-0.25, -0.2) is 23.1 Å². The largest absolute Gasteiger partial charge is 0.351 e. The topological polar surface area (TPSA) is 123 Å². The van der Waals surface area contributed by atoms with Gasteiger partial charge in [-0.1, -0.05) is 35.9 Å². The van der Waals surface area contributed by atoms with Gasteiger partial charge in [-0.2, -0.15) is 0 Å². The zero-order valence-corrected chi connectivity index (χ0v) is 19.9. The Morgan fingerprint density at radius 1 is 1.09 bits per heavy atom. The number of rotatable bonds is 6. The molecule has 35 heavy (non-hydrogen) atoms. The maximum atomic E-state index is 13.1. The average Bonchev–Trinajstić information content (AvgIpc) is 3.33. The highest BCUT2D eigenvalue weighted by Gasteiger charge is 2.24. The summed E-state index contributed by atoms with van der Waals surface area (Å²) in [7, 11) is -3.83. The second kappa shape index (κ2) is 9.43. The first-order valence-electron chi connectivity index (χ1n) is 10.8. The molecule has 4 heterocycles. The second-order valence-corrected chi connectivity index (χ2v) is 9.91. The van der Waals surface area contributed by atoms with Crippen LogP contribution >= 0.6 is 11.6 Å². The lowest BCUT2D eigenvalue weighted by atomic mass is 10.1. The second-order valence-electron chi connectivity index (χ2n) is 7.87. The van der Waals surface area contributed by atoms with Crippen LogP contribution in [0.2, 0.25) is 5.15 Å². The number of nitrogens with zero attached hydrogens (tertiary/aromatic N) is 6. The van der Waals surface area contributed by atoms with Crippen LogP contribution < -0.4 is 9.62 Å². The minimum atomic E-state index is -3.83. The predicted molar refractivity (Wildman–Crippen MR) is 130 cm³/mol. The molecule has 0 radical (unpaired) electrons. The van der Waals surface area contributed by atoms with E-state index in [4.69, 9.17) is 11.6 Å². The number of hydrogen-bond acceptors (Lipinski definition) is 8. The summed E-state index contributed by atoms with van der Waals surface area (Å²) < 4.78 is 28.5. The molecule has 3 aromatic heterocycles. The summed E-state index contributed by atoms with van der Waals surface area (Å²) in [6.45, 7) is 1.22. The van der Waals surface area contributed by atoms with Crippen LogP contribution in [0.3, 0.4) is 0 Å². The molecule has 0 amide bonds. The molecule has 0 atom stereocenters. The van der Waals surface area contributed by atoms with E-state index in [2.05, 4.69) is 24.8 Å². The standard InChI is InChI=1S/C23H20ClN7O3S/c24-21-16(6-4-11-25-21)15-30-12-5-9-18-22(30)27-19(14-26-18)23(32)31-13-10-20(28-31)29-35(33,34)17-7-2-1-3-8-17/h1-4,6-8,10-11,13-14H,5,9,12,15H2,(H,28,29). The molecule has 0 unspecified atom stereocenters. The first-order chi connectivity index (χ1) is 16.9. The summed E-state index contributed by atoms with van der Waals surface area (Å²) >= 11 is 6.23. The van der Waals surface area contributed by atoms with E-state index in [0.29, 0.717) is 17.5 Å². The molecule has 0 saturated heterocycles. The van der Waals surface area contributed by atoms with Gasteiger partial charge in [-0.15, -0.1) is 5.10 Å². The maximum Gasteiger partial charge on any atom is 0.298 e. The van der Waals surface area contributed by atoms with E-state index in [1.807, 2.05) is 17.0 Å². The summed E-state index contributed by atoms with van der Waals surface area (Å²) in [4.78, 5) is 28.3. The molecule has 178 valence electrons. The van der Waals surface area contributed by atoms with E-state index >= 15 is 0 Å². The van der Waals surface area contributed by atoms with E-state index < -0.39 is 15.9 Å². The van der Waals surface area contributed by atoms with Crippen LogP contribution in [0.25, 0.3) is 0 Å². The molecule has 0 spiro atoms. The third-order valence-corrected chi connectivity index (χ3v) is 7.19. The van der Waals surface area contributed by atoms with Crippen molar-refractivity contribution < 1.29 is 13.2 Å². The molecule has 0 fully saturated rings. The number of sulfonamides is 1. The van der Waals surface area contributed by atoms with Crippen LogP contribution in [0.4, 0.5) is 11.6 Å². The summed E-state index contributed by atoms with van der Waals surface area (Å²) in [5.41, 5.74) is 1.74. The number of aromatic nitrogens is 5. The van der Waals surface area contributed by atoms with E-state index in [1.54, 1.807) is 24.4 Å². The van der Waals surface area contributed by atoms with Crippen molar-refractivity contribution in [2.24, 2.45) is 0 Å². The SMILES string of the molecule is O=C(c1cnc2c(n1)N(Cc1cccnc1Cl)CCC2)n1ccc(NS(=O)(=O)c2ccccc2)n1. The number of benzene rings is 1. The molecule has 1 N–H and O–H groups in total. The molecule has 4 aromatic rings. The van der Waals surface area contributed by atoms with Crippen LogP contribution in [-0.4, -0.2) is 45.6 Å². The molecule has 1 aliphatic heterocycles. The zero-order valence-electron chi connectivity index (χ0n) is 18.4. The van der Waals surface area contributed by atoms with Gasteiger partial charge in [0.05, 0.1) is 16.8 Å². The van der Waals surface area contributed by atoms with E-state index in [9.17, 15) is 13.2 Å². The lowest BCUT2D eigenvalue weighted by Crippen LogP contribution is -2.31. The fourth-order valence-electron chi connectivity index (χ4n) is 3.78. The number of nitrogens with one attached hydrogen (secondary N) is 1. The third-order valence-electron chi connectivity index (χ3n) is 5.47. The van der Waals surface area contributed by atoms with Crippen molar-refractivity contribution in [3.63, 3.8) is 0 Å². The Balaban J connectivity index is 1.37. The number of carbonyl (C=O) groups excluding carboxylic acids is 1. The van der Waals surface area contributed by atoms with Crippen LogP contribution in [0.15, 0.2) is 72.0 Å². The molecule has 12 heteroatoms. The van der Waals surface area contributed by atoms with E-state index in [-0.39, 0.29) is 16.4 Å². The predicted octanol–water partition coefficient (Wildman–Crippen LogP) is 3.16. The molecule has 5 rings (SSSR count). The number of hydrogen-bond donors (Lipinski definition) is 1. The summed E-state index contributed by atoms with van der Waals surface area (Å²) in [5, 5.41) is 4.50. The lowest BCUT2D eigenvalue weighted by Gasteiger charge is -2.29. The highest BCUT2D eigenvalue weighted by Crippen LogP contribution is 2.27. The number of pyridine rings is 1.